The Hall–Kier alpha value is -3.41. The van der Waals surface area contributed by atoms with E-state index < -0.39 is 5.97 Å². The van der Waals surface area contributed by atoms with Crippen LogP contribution in [0.1, 0.15) is 0 Å². The summed E-state index contributed by atoms with van der Waals surface area (Å²) < 4.78 is 26.8. The molecule has 134 valence electrons. The van der Waals surface area contributed by atoms with Gasteiger partial charge < -0.3 is 23.4 Å². The largest absolute Gasteiger partial charge is 0.497 e. The Morgan fingerprint density at radius 3 is 2.62 bits per heavy atom. The van der Waals surface area contributed by atoms with Gasteiger partial charge in [0.15, 0.2) is 0 Å². The van der Waals surface area contributed by atoms with Crippen LogP contribution in [0.15, 0.2) is 59.5 Å². The maximum absolute atomic E-state index is 11.0. The third-order valence-corrected chi connectivity index (χ3v) is 3.76. The second-order valence-electron chi connectivity index (χ2n) is 5.31. The van der Waals surface area contributed by atoms with Gasteiger partial charge in [-0.15, -0.1) is 0 Å². The lowest BCUT2D eigenvalue weighted by atomic mass is 10.1. The Kier molecular flexibility index (Phi) is 5.12. The molecule has 0 N–H and O–H groups in total. The van der Waals surface area contributed by atoms with Crippen LogP contribution < -0.4 is 14.2 Å². The summed E-state index contributed by atoms with van der Waals surface area (Å²) in [6.45, 7) is 3.12. The fraction of sp³-hybridized carbons (Fsp3) is 0.150. The van der Waals surface area contributed by atoms with Crippen LogP contribution in [0.4, 0.5) is 0 Å². The predicted octanol–water partition coefficient (Wildman–Crippen LogP) is 4.18. The maximum atomic E-state index is 11.0. The summed E-state index contributed by atoms with van der Waals surface area (Å²) >= 11 is 0. The van der Waals surface area contributed by atoms with E-state index in [4.69, 9.17) is 23.4 Å². The number of hydrogen-bond acceptors (Lipinski definition) is 6. The van der Waals surface area contributed by atoms with E-state index in [0.717, 1.165) is 17.0 Å². The molecule has 2 aromatic carbocycles. The molecule has 26 heavy (non-hydrogen) atoms. The summed E-state index contributed by atoms with van der Waals surface area (Å²) in [7, 11) is 3.20. The van der Waals surface area contributed by atoms with Gasteiger partial charge >= 0.3 is 5.97 Å². The molecule has 1 aromatic heterocycles. The number of furan rings is 1. The van der Waals surface area contributed by atoms with Gasteiger partial charge in [0.25, 0.3) is 0 Å². The quantitative estimate of drug-likeness (QED) is 0.360. The van der Waals surface area contributed by atoms with Crippen LogP contribution in [-0.4, -0.2) is 27.0 Å². The summed E-state index contributed by atoms with van der Waals surface area (Å²) in [5.41, 5.74) is 1.46. The fourth-order valence-electron chi connectivity index (χ4n) is 2.45. The third kappa shape index (κ3) is 3.64. The van der Waals surface area contributed by atoms with Gasteiger partial charge in [-0.25, -0.2) is 4.79 Å². The number of rotatable bonds is 7. The zero-order chi connectivity index (χ0) is 18.5. The first-order valence-corrected chi connectivity index (χ1v) is 7.82. The van der Waals surface area contributed by atoms with E-state index in [9.17, 15) is 4.79 Å². The molecule has 0 fully saturated rings. The molecule has 0 saturated heterocycles. The topological polar surface area (TPSA) is 67.1 Å². The smallest absolute Gasteiger partial charge is 0.333 e. The van der Waals surface area contributed by atoms with E-state index in [1.165, 1.54) is 0 Å². The van der Waals surface area contributed by atoms with Crippen LogP contribution in [0.25, 0.3) is 22.3 Å². The van der Waals surface area contributed by atoms with Crippen molar-refractivity contribution in [3.63, 3.8) is 0 Å². The van der Waals surface area contributed by atoms with Crippen LogP contribution in [0, 0.1) is 0 Å². The summed E-state index contributed by atoms with van der Waals surface area (Å²) in [6.07, 6.45) is 1.08. The molecule has 0 atom stereocenters. The van der Waals surface area contributed by atoms with Crippen LogP contribution in [0.2, 0.25) is 0 Å². The summed E-state index contributed by atoms with van der Waals surface area (Å²) in [5, 5.41) is 0.910. The van der Waals surface area contributed by atoms with Crippen molar-refractivity contribution in [2.45, 2.75) is 0 Å². The monoisotopic (exact) mass is 354 g/mol. The number of hydrogen-bond donors (Lipinski definition) is 0. The van der Waals surface area contributed by atoms with Crippen molar-refractivity contribution in [2.24, 2.45) is 0 Å². The Morgan fingerprint density at radius 2 is 1.88 bits per heavy atom. The van der Waals surface area contributed by atoms with E-state index in [1.807, 2.05) is 24.3 Å². The third-order valence-electron chi connectivity index (χ3n) is 3.76. The molecule has 0 aliphatic rings. The number of ether oxygens (including phenoxy) is 4. The lowest BCUT2D eigenvalue weighted by Crippen LogP contribution is -2.07. The minimum Gasteiger partial charge on any atom is -0.497 e. The zero-order valence-corrected chi connectivity index (χ0v) is 14.5. The van der Waals surface area contributed by atoms with Gasteiger partial charge in [0.1, 0.15) is 28.6 Å². The van der Waals surface area contributed by atoms with Crippen LogP contribution in [0.5, 0.6) is 17.2 Å². The number of carbonyl (C=O) groups is 1. The minimum absolute atomic E-state index is 0.198. The van der Waals surface area contributed by atoms with Gasteiger partial charge in [-0.1, -0.05) is 6.58 Å². The molecule has 6 nitrogen and oxygen atoms in total. The van der Waals surface area contributed by atoms with Crippen molar-refractivity contribution in [1.82, 2.24) is 0 Å². The van der Waals surface area contributed by atoms with E-state index >= 15 is 0 Å². The highest BCUT2D eigenvalue weighted by molar-refractivity contribution is 5.85. The Morgan fingerprint density at radius 1 is 1.08 bits per heavy atom. The molecular weight excluding hydrogens is 336 g/mol. The van der Waals surface area contributed by atoms with E-state index in [1.54, 1.807) is 32.4 Å². The molecular formula is C20H18O6. The first-order chi connectivity index (χ1) is 12.6. The van der Waals surface area contributed by atoms with Crippen LogP contribution in [-0.2, 0) is 9.53 Å². The van der Waals surface area contributed by atoms with Gasteiger partial charge in [-0.05, 0) is 30.3 Å². The van der Waals surface area contributed by atoms with Crippen molar-refractivity contribution in [3.8, 4) is 28.6 Å². The van der Waals surface area contributed by atoms with Crippen LogP contribution in [0.3, 0.4) is 0 Å². The average molecular weight is 354 g/mol. The molecule has 3 rings (SSSR count). The van der Waals surface area contributed by atoms with Gasteiger partial charge in [0.05, 0.1) is 19.8 Å². The predicted molar refractivity (Wildman–Crippen MR) is 96.5 cm³/mol. The average Bonchev–Trinajstić information content (AvgIpc) is 3.10. The lowest BCUT2D eigenvalue weighted by Gasteiger charge is -2.08. The van der Waals surface area contributed by atoms with Crippen molar-refractivity contribution in [1.29, 1.82) is 0 Å². The highest BCUT2D eigenvalue weighted by Gasteiger charge is 2.13. The lowest BCUT2D eigenvalue weighted by molar-refractivity contribution is -0.144. The molecule has 0 spiro atoms. The normalized spacial score (nSPS) is 10.4. The highest BCUT2D eigenvalue weighted by Crippen LogP contribution is 2.37. The van der Waals surface area contributed by atoms with Crippen molar-refractivity contribution in [3.05, 3.63) is 55.1 Å². The van der Waals surface area contributed by atoms with Crippen molar-refractivity contribution in [2.75, 3.05) is 21.0 Å². The molecule has 0 aliphatic heterocycles. The van der Waals surface area contributed by atoms with Crippen LogP contribution >= 0.6 is 0 Å². The zero-order valence-electron chi connectivity index (χ0n) is 14.5. The number of fused-ring (bicyclic) bond motifs is 1. The first-order valence-electron chi connectivity index (χ1n) is 7.82. The van der Waals surface area contributed by atoms with Gasteiger partial charge in [0, 0.05) is 23.6 Å². The molecule has 0 unspecified atom stereocenters. The SMILES string of the molecule is C=CC(=O)OCOc1ccc2cc(-c3ccc(OC)cc3OC)oc2c1. The first kappa shape index (κ1) is 17.4. The summed E-state index contributed by atoms with van der Waals surface area (Å²) in [4.78, 5) is 11.0. The standard InChI is InChI=1S/C20H18O6/c1-4-20(21)25-12-24-15-6-5-13-9-19(26-17(13)11-15)16-8-7-14(22-2)10-18(16)23-3/h4-11H,1,12H2,2-3H3. The highest BCUT2D eigenvalue weighted by atomic mass is 16.7. The summed E-state index contributed by atoms with van der Waals surface area (Å²) in [5.74, 6) is 1.99. The molecule has 6 heteroatoms. The molecule has 0 radical (unpaired) electrons. The maximum Gasteiger partial charge on any atom is 0.333 e. The van der Waals surface area contributed by atoms with E-state index in [2.05, 4.69) is 6.58 Å². The Balaban J connectivity index is 1.85. The molecule has 0 amide bonds. The number of carbonyl (C=O) groups excluding carboxylic acids is 1. The number of benzene rings is 2. The fourth-order valence-corrected chi connectivity index (χ4v) is 2.45. The second-order valence-corrected chi connectivity index (χ2v) is 5.31. The van der Waals surface area contributed by atoms with Crippen molar-refractivity contribution >= 4 is 16.9 Å². The van der Waals surface area contributed by atoms with Gasteiger partial charge in [-0.2, -0.15) is 0 Å². The minimum atomic E-state index is -0.544. The molecule has 1 heterocycles. The van der Waals surface area contributed by atoms with E-state index in [0.29, 0.717) is 28.6 Å². The van der Waals surface area contributed by atoms with Crippen molar-refractivity contribution < 1.29 is 28.2 Å². The number of methoxy groups -OCH3 is 2. The van der Waals surface area contributed by atoms with Gasteiger partial charge in [-0.3, -0.25) is 0 Å². The Bertz CT molecular complexity index is 941. The molecule has 3 aromatic rings. The van der Waals surface area contributed by atoms with E-state index in [-0.39, 0.29) is 6.79 Å². The molecule has 0 saturated carbocycles. The Labute approximate surface area is 150 Å². The molecule has 0 bridgehead atoms. The second kappa shape index (κ2) is 7.65. The summed E-state index contributed by atoms with van der Waals surface area (Å²) in [6, 6.07) is 12.8. The number of esters is 1. The van der Waals surface area contributed by atoms with Gasteiger partial charge in [0.2, 0.25) is 6.79 Å². The molecule has 0 aliphatic carbocycles.